The molecule has 18 heavy (non-hydrogen) atoms. The van der Waals surface area contributed by atoms with Crippen molar-refractivity contribution in [3.05, 3.63) is 53.4 Å². The number of nitrogens with one attached hydrogen (secondary N) is 1. The van der Waals surface area contributed by atoms with Crippen molar-refractivity contribution in [2.45, 2.75) is 17.9 Å². The fourth-order valence-electron chi connectivity index (χ4n) is 1.61. The Morgan fingerprint density at radius 1 is 1.28 bits per heavy atom. The van der Waals surface area contributed by atoms with Crippen LogP contribution in [0.2, 0.25) is 5.02 Å². The largest absolute Gasteiger partial charge is 0.468 e. The van der Waals surface area contributed by atoms with Gasteiger partial charge in [-0.05, 0) is 43.3 Å². The highest BCUT2D eigenvalue weighted by Crippen LogP contribution is 2.20. The van der Waals surface area contributed by atoms with Crippen LogP contribution in [0.3, 0.4) is 0 Å². The molecule has 1 unspecified atom stereocenters. The molecule has 1 atom stereocenters. The van der Waals surface area contributed by atoms with Crippen LogP contribution in [-0.2, 0) is 0 Å². The topological polar surface area (TPSA) is 25.2 Å². The van der Waals surface area contributed by atoms with Gasteiger partial charge in [0.2, 0.25) is 0 Å². The average Bonchev–Trinajstić information content (AvgIpc) is 2.90. The highest BCUT2D eigenvalue weighted by atomic mass is 35.5. The van der Waals surface area contributed by atoms with Gasteiger partial charge in [-0.1, -0.05) is 11.6 Å². The van der Waals surface area contributed by atoms with E-state index in [1.807, 2.05) is 48.2 Å². The van der Waals surface area contributed by atoms with Gasteiger partial charge in [-0.3, -0.25) is 0 Å². The molecule has 2 rings (SSSR count). The first-order valence-electron chi connectivity index (χ1n) is 5.91. The smallest absolute Gasteiger partial charge is 0.120 e. The summed E-state index contributed by atoms with van der Waals surface area (Å²) in [6, 6.07) is 12.1. The third-order valence-corrected chi connectivity index (χ3v) is 3.87. The number of hydrogen-bond acceptors (Lipinski definition) is 3. The molecule has 0 fully saturated rings. The van der Waals surface area contributed by atoms with Crippen molar-refractivity contribution in [1.82, 2.24) is 5.32 Å². The summed E-state index contributed by atoms with van der Waals surface area (Å²) in [5, 5.41) is 4.21. The zero-order valence-corrected chi connectivity index (χ0v) is 11.8. The number of furan rings is 1. The maximum atomic E-state index is 5.84. The summed E-state index contributed by atoms with van der Waals surface area (Å²) in [4.78, 5) is 1.24. The first-order valence-corrected chi connectivity index (χ1v) is 7.27. The molecule has 1 aromatic heterocycles. The summed E-state index contributed by atoms with van der Waals surface area (Å²) in [5.74, 6) is 2.00. The normalized spacial score (nSPS) is 12.6. The van der Waals surface area contributed by atoms with Crippen LogP contribution in [0, 0.1) is 0 Å². The summed E-state index contributed by atoms with van der Waals surface area (Å²) >= 11 is 7.66. The number of halogens is 1. The van der Waals surface area contributed by atoms with Gasteiger partial charge in [0.05, 0.1) is 12.3 Å². The van der Waals surface area contributed by atoms with E-state index in [9.17, 15) is 0 Å². The van der Waals surface area contributed by atoms with Crippen LogP contribution in [0.4, 0.5) is 0 Å². The van der Waals surface area contributed by atoms with Crippen molar-refractivity contribution >= 4 is 23.4 Å². The molecule has 0 spiro atoms. The van der Waals surface area contributed by atoms with Gasteiger partial charge in [0.15, 0.2) is 0 Å². The van der Waals surface area contributed by atoms with Crippen LogP contribution in [-0.4, -0.2) is 12.3 Å². The molecule has 1 heterocycles. The van der Waals surface area contributed by atoms with Crippen molar-refractivity contribution in [2.24, 2.45) is 0 Å². The molecule has 0 aliphatic heterocycles. The molecule has 0 saturated heterocycles. The molecule has 2 nitrogen and oxygen atoms in total. The lowest BCUT2D eigenvalue weighted by molar-refractivity contribution is 0.438. The van der Waals surface area contributed by atoms with Gasteiger partial charge >= 0.3 is 0 Å². The molecule has 4 heteroatoms. The SMILES string of the molecule is CC(NCCSc1ccc(Cl)cc1)c1ccco1. The second kappa shape index (κ2) is 6.88. The highest BCUT2D eigenvalue weighted by molar-refractivity contribution is 7.99. The van der Waals surface area contributed by atoms with E-state index in [1.165, 1.54) is 4.90 Å². The molecule has 0 amide bonds. The summed E-state index contributed by atoms with van der Waals surface area (Å²) in [5.41, 5.74) is 0. The maximum absolute atomic E-state index is 5.84. The van der Waals surface area contributed by atoms with Crippen molar-refractivity contribution in [3.8, 4) is 0 Å². The number of hydrogen-bond donors (Lipinski definition) is 1. The van der Waals surface area contributed by atoms with E-state index in [0.29, 0.717) is 0 Å². The second-order valence-corrected chi connectivity index (χ2v) is 5.60. The van der Waals surface area contributed by atoms with Gasteiger partial charge in [0.25, 0.3) is 0 Å². The minimum absolute atomic E-state index is 0.255. The van der Waals surface area contributed by atoms with Gasteiger partial charge in [-0.25, -0.2) is 0 Å². The Kier molecular flexibility index (Phi) is 5.17. The minimum Gasteiger partial charge on any atom is -0.468 e. The van der Waals surface area contributed by atoms with Crippen LogP contribution in [0.25, 0.3) is 0 Å². The van der Waals surface area contributed by atoms with E-state index in [4.69, 9.17) is 16.0 Å². The van der Waals surface area contributed by atoms with Gasteiger partial charge in [-0.15, -0.1) is 11.8 Å². The Balaban J connectivity index is 1.68. The summed E-state index contributed by atoms with van der Waals surface area (Å²) in [6.07, 6.45) is 1.70. The summed E-state index contributed by atoms with van der Waals surface area (Å²) in [7, 11) is 0. The molecule has 1 aromatic carbocycles. The fourth-order valence-corrected chi connectivity index (χ4v) is 2.52. The molecule has 0 radical (unpaired) electrons. The Labute approximate surface area is 117 Å². The molecular weight excluding hydrogens is 266 g/mol. The first kappa shape index (κ1) is 13.5. The molecule has 1 N–H and O–H groups in total. The lowest BCUT2D eigenvalue weighted by Crippen LogP contribution is -2.20. The molecule has 96 valence electrons. The third kappa shape index (κ3) is 4.09. The lowest BCUT2D eigenvalue weighted by Gasteiger charge is -2.10. The number of thioether (sulfide) groups is 1. The maximum Gasteiger partial charge on any atom is 0.120 e. The van der Waals surface area contributed by atoms with Gasteiger partial charge in [-0.2, -0.15) is 0 Å². The van der Waals surface area contributed by atoms with Crippen molar-refractivity contribution in [3.63, 3.8) is 0 Å². The second-order valence-electron chi connectivity index (χ2n) is 3.99. The van der Waals surface area contributed by atoms with Gasteiger partial charge in [0.1, 0.15) is 5.76 Å². The summed E-state index contributed by atoms with van der Waals surface area (Å²) < 4.78 is 5.34. The predicted octanol–water partition coefficient (Wildman–Crippen LogP) is 4.38. The van der Waals surface area contributed by atoms with Crippen molar-refractivity contribution in [1.29, 1.82) is 0 Å². The zero-order chi connectivity index (χ0) is 12.8. The zero-order valence-electron chi connectivity index (χ0n) is 10.2. The van der Waals surface area contributed by atoms with E-state index in [-0.39, 0.29) is 6.04 Å². The quantitative estimate of drug-likeness (QED) is 0.628. The van der Waals surface area contributed by atoms with Crippen LogP contribution in [0.15, 0.2) is 52.0 Å². The number of rotatable bonds is 6. The highest BCUT2D eigenvalue weighted by Gasteiger charge is 2.06. The molecule has 2 aromatic rings. The monoisotopic (exact) mass is 281 g/mol. The van der Waals surface area contributed by atoms with E-state index in [1.54, 1.807) is 6.26 Å². The van der Waals surface area contributed by atoms with Crippen LogP contribution >= 0.6 is 23.4 Å². The summed E-state index contributed by atoms with van der Waals surface area (Å²) in [6.45, 7) is 3.04. The molecular formula is C14H16ClNOS. The van der Waals surface area contributed by atoms with E-state index in [2.05, 4.69) is 12.2 Å². The minimum atomic E-state index is 0.255. The average molecular weight is 282 g/mol. The van der Waals surface area contributed by atoms with E-state index >= 15 is 0 Å². The lowest BCUT2D eigenvalue weighted by atomic mass is 10.2. The standard InChI is InChI=1S/C14H16ClNOS/c1-11(14-3-2-9-17-14)16-8-10-18-13-6-4-12(15)5-7-13/h2-7,9,11,16H,8,10H2,1H3. The van der Waals surface area contributed by atoms with E-state index < -0.39 is 0 Å². The van der Waals surface area contributed by atoms with Crippen molar-refractivity contribution < 1.29 is 4.42 Å². The fraction of sp³-hybridized carbons (Fsp3) is 0.286. The van der Waals surface area contributed by atoms with Gasteiger partial charge < -0.3 is 9.73 Å². The Hall–Kier alpha value is -0.900. The molecule has 0 aliphatic carbocycles. The van der Waals surface area contributed by atoms with Crippen molar-refractivity contribution in [2.75, 3.05) is 12.3 Å². The molecule has 0 bridgehead atoms. The van der Waals surface area contributed by atoms with Crippen LogP contribution in [0.5, 0.6) is 0 Å². The Bertz CT molecular complexity index is 455. The van der Waals surface area contributed by atoms with E-state index in [0.717, 1.165) is 23.1 Å². The number of benzene rings is 1. The first-order chi connectivity index (χ1) is 8.75. The molecule has 0 saturated carbocycles. The third-order valence-electron chi connectivity index (χ3n) is 2.60. The van der Waals surface area contributed by atoms with Crippen LogP contribution in [0.1, 0.15) is 18.7 Å². The van der Waals surface area contributed by atoms with Gasteiger partial charge in [0, 0.05) is 22.2 Å². The van der Waals surface area contributed by atoms with Crippen LogP contribution < -0.4 is 5.32 Å². The Morgan fingerprint density at radius 3 is 2.72 bits per heavy atom. The molecule has 0 aliphatic rings. The Morgan fingerprint density at radius 2 is 2.06 bits per heavy atom. The predicted molar refractivity (Wildman–Crippen MR) is 77.3 cm³/mol.